The van der Waals surface area contributed by atoms with E-state index in [1.54, 1.807) is 25.1 Å². The first-order valence-corrected chi connectivity index (χ1v) is 8.77. The molecule has 1 atom stereocenters. The summed E-state index contributed by atoms with van der Waals surface area (Å²) in [6.07, 6.45) is 0. The third-order valence-electron chi connectivity index (χ3n) is 3.99. The fraction of sp³-hybridized carbons (Fsp3) is 0.263. The predicted octanol–water partition coefficient (Wildman–Crippen LogP) is 3.30. The first-order chi connectivity index (χ1) is 13.8. The highest BCUT2D eigenvalue weighted by atomic mass is 35.5. The van der Waals surface area contributed by atoms with Crippen molar-refractivity contribution in [2.24, 2.45) is 0 Å². The minimum atomic E-state index is -0.883. The van der Waals surface area contributed by atoms with Crippen LogP contribution in [0.3, 0.4) is 0 Å². The Kier molecular flexibility index (Phi) is 7.38. The van der Waals surface area contributed by atoms with E-state index in [2.05, 4.69) is 5.32 Å². The van der Waals surface area contributed by atoms with E-state index in [0.717, 1.165) is 6.07 Å². The first kappa shape index (κ1) is 22.0. The first-order valence-electron chi connectivity index (χ1n) is 8.39. The molecule has 1 amide bonds. The lowest BCUT2D eigenvalue weighted by atomic mass is 10.1. The molecule has 0 saturated heterocycles. The summed E-state index contributed by atoms with van der Waals surface area (Å²) in [5.74, 6) is -0.285. The molecule has 1 unspecified atom stereocenters. The number of amides is 1. The third kappa shape index (κ3) is 5.58. The Morgan fingerprint density at radius 2 is 1.90 bits per heavy atom. The van der Waals surface area contributed by atoms with Crippen LogP contribution in [-0.4, -0.2) is 37.6 Å². The van der Waals surface area contributed by atoms with Crippen LogP contribution in [0.5, 0.6) is 11.5 Å². The number of hydrogen-bond donors (Lipinski definition) is 1. The molecule has 0 aliphatic carbocycles. The van der Waals surface area contributed by atoms with Crippen LogP contribution >= 0.6 is 11.6 Å². The summed E-state index contributed by atoms with van der Waals surface area (Å²) in [5.41, 5.74) is 0.167. The zero-order valence-electron chi connectivity index (χ0n) is 15.9. The molecule has 0 bridgehead atoms. The Labute approximate surface area is 171 Å². The Bertz CT molecular complexity index is 933. The Morgan fingerprint density at radius 1 is 1.17 bits per heavy atom. The number of nitrogens with zero attached hydrogens (tertiary/aromatic N) is 1. The van der Waals surface area contributed by atoms with Gasteiger partial charge in [-0.1, -0.05) is 11.6 Å². The molecule has 2 aromatic carbocycles. The number of ether oxygens (including phenoxy) is 3. The number of carbonyl (C=O) groups excluding carboxylic acids is 2. The van der Waals surface area contributed by atoms with E-state index < -0.39 is 35.1 Å². The molecule has 154 valence electrons. The number of esters is 1. The van der Waals surface area contributed by atoms with E-state index in [4.69, 9.17) is 25.8 Å². The summed E-state index contributed by atoms with van der Waals surface area (Å²) in [7, 11) is 3.03. The van der Waals surface area contributed by atoms with Gasteiger partial charge in [0.15, 0.2) is 6.61 Å². The van der Waals surface area contributed by atoms with Crippen molar-refractivity contribution in [3.05, 3.63) is 62.7 Å². The van der Waals surface area contributed by atoms with Gasteiger partial charge < -0.3 is 19.5 Å². The van der Waals surface area contributed by atoms with Crippen LogP contribution < -0.4 is 14.8 Å². The largest absolute Gasteiger partial charge is 0.497 e. The third-order valence-corrected chi connectivity index (χ3v) is 4.31. The van der Waals surface area contributed by atoms with Crippen molar-refractivity contribution in [2.45, 2.75) is 13.0 Å². The summed E-state index contributed by atoms with van der Waals surface area (Å²) in [6, 6.07) is 8.19. The Balaban J connectivity index is 2.00. The van der Waals surface area contributed by atoms with Crippen LogP contribution in [0.2, 0.25) is 5.02 Å². The second-order valence-electron chi connectivity index (χ2n) is 5.90. The number of nitrogens with one attached hydrogen (secondary N) is 1. The fourth-order valence-electron chi connectivity index (χ4n) is 2.53. The van der Waals surface area contributed by atoms with E-state index >= 15 is 0 Å². The maximum Gasteiger partial charge on any atom is 0.338 e. The van der Waals surface area contributed by atoms with Crippen LogP contribution in [0.25, 0.3) is 0 Å². The Morgan fingerprint density at radius 3 is 2.52 bits per heavy atom. The van der Waals surface area contributed by atoms with Crippen molar-refractivity contribution >= 4 is 29.2 Å². The van der Waals surface area contributed by atoms with E-state index in [0.29, 0.717) is 17.1 Å². The number of benzene rings is 2. The van der Waals surface area contributed by atoms with Crippen molar-refractivity contribution in [2.75, 3.05) is 20.8 Å². The van der Waals surface area contributed by atoms with Crippen LogP contribution in [0.1, 0.15) is 28.9 Å². The van der Waals surface area contributed by atoms with Gasteiger partial charge in [0, 0.05) is 11.6 Å². The fourth-order valence-corrected chi connectivity index (χ4v) is 2.72. The Hall–Kier alpha value is -3.33. The highest BCUT2D eigenvalue weighted by Gasteiger charge is 2.19. The van der Waals surface area contributed by atoms with Gasteiger partial charge in [-0.25, -0.2) is 4.79 Å². The lowest BCUT2D eigenvalue weighted by Crippen LogP contribution is -2.31. The molecule has 0 aliphatic heterocycles. The predicted molar refractivity (Wildman–Crippen MR) is 104 cm³/mol. The molecule has 1 N–H and O–H groups in total. The van der Waals surface area contributed by atoms with Gasteiger partial charge in [0.25, 0.3) is 11.6 Å². The molecule has 29 heavy (non-hydrogen) atoms. The number of carbonyl (C=O) groups is 2. The molecular weight excluding hydrogens is 404 g/mol. The maximum absolute atomic E-state index is 12.2. The van der Waals surface area contributed by atoms with Gasteiger partial charge in [-0.2, -0.15) is 0 Å². The molecule has 9 nitrogen and oxygen atoms in total. The van der Waals surface area contributed by atoms with Gasteiger partial charge in [-0.15, -0.1) is 0 Å². The maximum atomic E-state index is 12.2. The van der Waals surface area contributed by atoms with Gasteiger partial charge in [-0.3, -0.25) is 14.9 Å². The van der Waals surface area contributed by atoms with E-state index in [1.807, 2.05) is 0 Å². The van der Waals surface area contributed by atoms with Gasteiger partial charge >= 0.3 is 5.97 Å². The summed E-state index contributed by atoms with van der Waals surface area (Å²) in [5, 5.41) is 13.5. The van der Waals surface area contributed by atoms with Crippen molar-refractivity contribution in [1.29, 1.82) is 0 Å². The number of rotatable bonds is 8. The van der Waals surface area contributed by atoms with E-state index in [1.165, 1.54) is 26.4 Å². The van der Waals surface area contributed by atoms with Gasteiger partial charge in [0.2, 0.25) is 0 Å². The van der Waals surface area contributed by atoms with Crippen LogP contribution in [0.15, 0.2) is 36.4 Å². The molecule has 0 fully saturated rings. The minimum absolute atomic E-state index is 0.0867. The quantitative estimate of drug-likeness (QED) is 0.394. The lowest BCUT2D eigenvalue weighted by Gasteiger charge is -2.18. The number of nitro groups is 1. The molecule has 2 rings (SSSR count). The number of halogens is 1. The standard InChI is InChI=1S/C19H19ClN2O7/c1-11(14-9-13(27-2)5-7-17(14)28-3)21-18(23)10-29-19(24)12-4-6-15(20)16(8-12)22(25)26/h4-9,11H,10H2,1-3H3,(H,21,23). The topological polar surface area (TPSA) is 117 Å². The molecular formula is C19H19ClN2O7. The van der Waals surface area contributed by atoms with Crippen LogP contribution in [0.4, 0.5) is 5.69 Å². The molecule has 0 saturated carbocycles. The zero-order valence-corrected chi connectivity index (χ0v) is 16.7. The minimum Gasteiger partial charge on any atom is -0.497 e. The molecule has 0 aromatic heterocycles. The summed E-state index contributed by atoms with van der Waals surface area (Å²) in [4.78, 5) is 34.4. The highest BCUT2D eigenvalue weighted by molar-refractivity contribution is 6.32. The highest BCUT2D eigenvalue weighted by Crippen LogP contribution is 2.29. The normalized spacial score (nSPS) is 11.3. The monoisotopic (exact) mass is 422 g/mol. The second kappa shape index (κ2) is 9.74. The van der Waals surface area contributed by atoms with Crippen molar-refractivity contribution < 1.29 is 28.7 Å². The molecule has 0 spiro atoms. The van der Waals surface area contributed by atoms with Crippen molar-refractivity contribution in [3.8, 4) is 11.5 Å². The van der Waals surface area contributed by atoms with Gasteiger partial charge in [-0.05, 0) is 37.3 Å². The molecule has 2 aromatic rings. The molecule has 0 heterocycles. The summed E-state index contributed by atoms with van der Waals surface area (Å²) in [6.45, 7) is 1.17. The summed E-state index contributed by atoms with van der Waals surface area (Å²) < 4.78 is 15.4. The van der Waals surface area contributed by atoms with Crippen molar-refractivity contribution in [3.63, 3.8) is 0 Å². The van der Waals surface area contributed by atoms with E-state index in [9.17, 15) is 19.7 Å². The zero-order chi connectivity index (χ0) is 21.6. The van der Waals surface area contributed by atoms with Crippen molar-refractivity contribution in [1.82, 2.24) is 5.32 Å². The lowest BCUT2D eigenvalue weighted by molar-refractivity contribution is -0.384. The number of nitro benzene ring substituents is 1. The van der Waals surface area contributed by atoms with E-state index in [-0.39, 0.29) is 10.6 Å². The molecule has 0 aliphatic rings. The average molecular weight is 423 g/mol. The number of hydrogen-bond acceptors (Lipinski definition) is 7. The second-order valence-corrected chi connectivity index (χ2v) is 6.30. The molecule has 0 radical (unpaired) electrons. The SMILES string of the molecule is COc1ccc(OC)c(C(C)NC(=O)COC(=O)c2ccc(Cl)c([N+](=O)[O-])c2)c1. The van der Waals surface area contributed by atoms with Gasteiger partial charge in [0.1, 0.15) is 16.5 Å². The smallest absolute Gasteiger partial charge is 0.338 e. The van der Waals surface area contributed by atoms with Gasteiger partial charge in [0.05, 0.1) is 30.7 Å². The number of methoxy groups -OCH3 is 2. The van der Waals surface area contributed by atoms with Crippen LogP contribution in [-0.2, 0) is 9.53 Å². The average Bonchev–Trinajstić information content (AvgIpc) is 2.71. The van der Waals surface area contributed by atoms with Crippen LogP contribution in [0, 0.1) is 10.1 Å². The molecule has 10 heteroatoms. The summed E-state index contributed by atoms with van der Waals surface area (Å²) >= 11 is 5.71.